The van der Waals surface area contributed by atoms with Crippen molar-refractivity contribution < 1.29 is 17.9 Å². The molecule has 0 saturated heterocycles. The third-order valence-corrected chi connectivity index (χ3v) is 4.83. The normalized spacial score (nSPS) is 11.4. The van der Waals surface area contributed by atoms with Crippen LogP contribution in [0.3, 0.4) is 0 Å². The van der Waals surface area contributed by atoms with E-state index in [-0.39, 0.29) is 10.9 Å². The van der Waals surface area contributed by atoms with Crippen LogP contribution in [0.4, 0.5) is 13.2 Å². The van der Waals surface area contributed by atoms with Crippen molar-refractivity contribution in [1.82, 2.24) is 9.97 Å². The van der Waals surface area contributed by atoms with E-state index in [9.17, 15) is 13.2 Å². The Morgan fingerprint density at radius 2 is 1.67 bits per heavy atom. The second-order valence-corrected chi connectivity index (χ2v) is 6.94. The number of methoxy groups -OCH3 is 1. The molecule has 1 aromatic heterocycles. The molecule has 140 valence electrons. The van der Waals surface area contributed by atoms with Crippen molar-refractivity contribution >= 4 is 23.4 Å². The molecule has 3 nitrogen and oxygen atoms in total. The molecule has 0 saturated carbocycles. The maximum Gasteiger partial charge on any atom is 0.433 e. The fourth-order valence-corrected chi connectivity index (χ4v) is 3.21. The first-order valence-corrected chi connectivity index (χ1v) is 9.19. The first kappa shape index (κ1) is 19.5. The molecular formula is C19H14ClF3N2OS. The summed E-state index contributed by atoms with van der Waals surface area (Å²) in [6.07, 6.45) is -4.56. The molecule has 0 aliphatic heterocycles. The minimum atomic E-state index is -4.56. The van der Waals surface area contributed by atoms with E-state index in [4.69, 9.17) is 16.3 Å². The molecule has 0 aliphatic carbocycles. The topological polar surface area (TPSA) is 35.0 Å². The van der Waals surface area contributed by atoms with Crippen LogP contribution in [-0.2, 0) is 11.9 Å². The molecule has 0 atom stereocenters. The lowest BCUT2D eigenvalue weighted by Crippen LogP contribution is -2.10. The SMILES string of the molecule is COc1ccc(-c2cc(C(F)(F)F)nc(SCc3ccc(Cl)cc3)n2)cc1. The summed E-state index contributed by atoms with van der Waals surface area (Å²) >= 11 is 6.98. The molecule has 0 unspecified atom stereocenters. The minimum Gasteiger partial charge on any atom is -0.497 e. The first-order valence-electron chi connectivity index (χ1n) is 7.83. The molecule has 1 heterocycles. The van der Waals surface area contributed by atoms with Gasteiger partial charge in [-0.15, -0.1) is 0 Å². The largest absolute Gasteiger partial charge is 0.497 e. The highest BCUT2D eigenvalue weighted by molar-refractivity contribution is 7.98. The summed E-state index contributed by atoms with van der Waals surface area (Å²) in [4.78, 5) is 7.96. The molecule has 27 heavy (non-hydrogen) atoms. The standard InChI is InChI=1S/C19H14ClF3N2OS/c1-26-15-8-4-13(5-9-15)16-10-17(19(21,22)23)25-18(24-16)27-11-12-2-6-14(20)7-3-12/h2-10H,11H2,1H3. The molecule has 2 aromatic carbocycles. The Kier molecular flexibility index (Phi) is 5.92. The van der Waals surface area contributed by atoms with Gasteiger partial charge in [0.2, 0.25) is 0 Å². The third-order valence-electron chi connectivity index (χ3n) is 3.66. The number of hydrogen-bond acceptors (Lipinski definition) is 4. The molecule has 0 spiro atoms. The van der Waals surface area contributed by atoms with Crippen LogP contribution in [0.5, 0.6) is 5.75 Å². The maximum absolute atomic E-state index is 13.3. The van der Waals surface area contributed by atoms with Gasteiger partial charge in [-0.1, -0.05) is 35.5 Å². The molecule has 0 N–H and O–H groups in total. The number of alkyl halides is 3. The van der Waals surface area contributed by atoms with E-state index in [2.05, 4.69) is 9.97 Å². The van der Waals surface area contributed by atoms with Crippen LogP contribution in [0, 0.1) is 0 Å². The zero-order valence-electron chi connectivity index (χ0n) is 14.1. The summed E-state index contributed by atoms with van der Waals surface area (Å²) in [6.45, 7) is 0. The van der Waals surface area contributed by atoms with Crippen molar-refractivity contribution in [2.45, 2.75) is 17.1 Å². The second kappa shape index (κ2) is 8.19. The van der Waals surface area contributed by atoms with Crippen LogP contribution in [0.2, 0.25) is 5.02 Å². The van der Waals surface area contributed by atoms with Gasteiger partial charge in [0.05, 0.1) is 12.8 Å². The van der Waals surface area contributed by atoms with Crippen LogP contribution in [0.25, 0.3) is 11.3 Å². The quantitative estimate of drug-likeness (QED) is 0.375. The van der Waals surface area contributed by atoms with Crippen molar-refractivity contribution in [2.75, 3.05) is 7.11 Å². The molecule has 0 amide bonds. The number of ether oxygens (including phenoxy) is 1. The Hall–Kier alpha value is -2.25. The number of nitrogens with zero attached hydrogens (tertiary/aromatic N) is 2. The van der Waals surface area contributed by atoms with Gasteiger partial charge in [0.1, 0.15) is 11.4 Å². The average molecular weight is 411 g/mol. The van der Waals surface area contributed by atoms with Crippen molar-refractivity contribution in [3.05, 3.63) is 70.9 Å². The van der Waals surface area contributed by atoms with Crippen molar-refractivity contribution in [3.8, 4) is 17.0 Å². The zero-order chi connectivity index (χ0) is 19.4. The van der Waals surface area contributed by atoms with Crippen LogP contribution in [-0.4, -0.2) is 17.1 Å². The lowest BCUT2D eigenvalue weighted by atomic mass is 10.1. The minimum absolute atomic E-state index is 0.0607. The average Bonchev–Trinajstić information content (AvgIpc) is 2.67. The predicted octanol–water partition coefficient (Wildman–Crippen LogP) is 6.12. The molecule has 0 fully saturated rings. The van der Waals surface area contributed by atoms with Gasteiger partial charge in [0.15, 0.2) is 5.16 Å². The lowest BCUT2D eigenvalue weighted by Gasteiger charge is -2.11. The Morgan fingerprint density at radius 3 is 2.26 bits per heavy atom. The van der Waals surface area contributed by atoms with Gasteiger partial charge in [0.25, 0.3) is 0 Å². The van der Waals surface area contributed by atoms with Gasteiger partial charge in [0, 0.05) is 16.3 Å². The zero-order valence-corrected chi connectivity index (χ0v) is 15.7. The van der Waals surface area contributed by atoms with E-state index in [1.54, 1.807) is 36.4 Å². The monoisotopic (exact) mass is 410 g/mol. The third kappa shape index (κ3) is 5.14. The van der Waals surface area contributed by atoms with Crippen LogP contribution >= 0.6 is 23.4 Å². The van der Waals surface area contributed by atoms with Gasteiger partial charge in [-0.05, 0) is 48.0 Å². The fourth-order valence-electron chi connectivity index (χ4n) is 2.27. The Bertz CT molecular complexity index is 916. The highest BCUT2D eigenvalue weighted by Crippen LogP contribution is 2.33. The summed E-state index contributed by atoms with van der Waals surface area (Å²) in [7, 11) is 1.52. The molecule has 3 aromatic rings. The summed E-state index contributed by atoms with van der Waals surface area (Å²) in [6, 6.07) is 14.7. The molecule has 0 bridgehead atoms. The van der Waals surface area contributed by atoms with Crippen LogP contribution in [0.15, 0.2) is 59.8 Å². The van der Waals surface area contributed by atoms with E-state index >= 15 is 0 Å². The van der Waals surface area contributed by atoms with Gasteiger partial charge in [-0.2, -0.15) is 13.2 Å². The second-order valence-electron chi connectivity index (χ2n) is 5.56. The van der Waals surface area contributed by atoms with Crippen molar-refractivity contribution in [1.29, 1.82) is 0 Å². The van der Waals surface area contributed by atoms with Crippen molar-refractivity contribution in [3.63, 3.8) is 0 Å². The number of benzene rings is 2. The van der Waals surface area contributed by atoms with Crippen LogP contribution in [0.1, 0.15) is 11.3 Å². The summed E-state index contributed by atoms with van der Waals surface area (Å²) in [5.74, 6) is 1.04. The van der Waals surface area contributed by atoms with Crippen LogP contribution < -0.4 is 4.74 Å². The number of halogens is 4. The molecule has 0 aliphatic rings. The van der Waals surface area contributed by atoms with Crippen molar-refractivity contribution in [2.24, 2.45) is 0 Å². The molecule has 0 radical (unpaired) electrons. The Balaban J connectivity index is 1.91. The van der Waals surface area contributed by atoms with E-state index < -0.39 is 11.9 Å². The van der Waals surface area contributed by atoms with Gasteiger partial charge in [-0.25, -0.2) is 9.97 Å². The Labute approximate surface area is 163 Å². The first-order chi connectivity index (χ1) is 12.8. The van der Waals surface area contributed by atoms with E-state index in [0.29, 0.717) is 22.1 Å². The number of rotatable bonds is 5. The lowest BCUT2D eigenvalue weighted by molar-refractivity contribution is -0.141. The van der Waals surface area contributed by atoms with Gasteiger partial charge < -0.3 is 4.74 Å². The molecular weight excluding hydrogens is 397 g/mol. The van der Waals surface area contributed by atoms with E-state index in [1.165, 1.54) is 7.11 Å². The highest BCUT2D eigenvalue weighted by atomic mass is 35.5. The molecule has 3 rings (SSSR count). The summed E-state index contributed by atoms with van der Waals surface area (Å²) < 4.78 is 44.8. The van der Waals surface area contributed by atoms with E-state index in [0.717, 1.165) is 23.4 Å². The number of thioether (sulfide) groups is 1. The maximum atomic E-state index is 13.3. The number of hydrogen-bond donors (Lipinski definition) is 0. The fraction of sp³-hybridized carbons (Fsp3) is 0.158. The predicted molar refractivity (Wildman–Crippen MR) is 100 cm³/mol. The summed E-state index contributed by atoms with van der Waals surface area (Å²) in [5.41, 5.74) is 0.703. The summed E-state index contributed by atoms with van der Waals surface area (Å²) in [5, 5.41) is 0.659. The van der Waals surface area contributed by atoms with Gasteiger partial charge >= 0.3 is 6.18 Å². The molecule has 8 heteroatoms. The Morgan fingerprint density at radius 1 is 1.00 bits per heavy atom. The highest BCUT2D eigenvalue weighted by Gasteiger charge is 2.33. The van der Waals surface area contributed by atoms with Gasteiger partial charge in [-0.3, -0.25) is 0 Å². The van der Waals surface area contributed by atoms with E-state index in [1.807, 2.05) is 12.1 Å². The number of aromatic nitrogens is 2. The smallest absolute Gasteiger partial charge is 0.433 e.